The molecule has 0 aliphatic rings. The first-order valence-electron chi connectivity index (χ1n) is 8.15. The van der Waals surface area contributed by atoms with Crippen LogP contribution in [0.4, 0.5) is 0 Å². The van der Waals surface area contributed by atoms with Crippen LogP contribution < -0.4 is 9.47 Å². The number of fused-ring (bicyclic) bond motifs is 1. The Morgan fingerprint density at radius 2 is 1.88 bits per heavy atom. The van der Waals surface area contributed by atoms with E-state index in [4.69, 9.17) is 14.2 Å². The third-order valence-electron chi connectivity index (χ3n) is 3.69. The van der Waals surface area contributed by atoms with Crippen LogP contribution in [0.5, 0.6) is 11.5 Å². The van der Waals surface area contributed by atoms with E-state index in [0.717, 1.165) is 16.5 Å². The summed E-state index contributed by atoms with van der Waals surface area (Å²) < 4.78 is 16.6. The number of aromatic amines is 1. The lowest BCUT2D eigenvalue weighted by Gasteiger charge is -2.13. The average Bonchev–Trinajstić information content (AvgIpc) is 3.03. The zero-order valence-corrected chi connectivity index (χ0v) is 14.5. The molecule has 0 radical (unpaired) electrons. The highest BCUT2D eigenvalue weighted by Gasteiger charge is 2.15. The van der Waals surface area contributed by atoms with Crippen molar-refractivity contribution in [2.24, 2.45) is 0 Å². The number of carbonyl (C=O) groups is 1. The first kappa shape index (κ1) is 16.9. The molecule has 0 spiro atoms. The van der Waals surface area contributed by atoms with Crippen molar-refractivity contribution in [3.8, 4) is 11.5 Å². The largest absolute Gasteiger partial charge is 0.491 e. The molecular formula is C20H21NO4. The molecule has 130 valence electrons. The van der Waals surface area contributed by atoms with Gasteiger partial charge in [-0.3, -0.25) is 0 Å². The summed E-state index contributed by atoms with van der Waals surface area (Å²) in [7, 11) is 1.36. The average molecular weight is 339 g/mol. The van der Waals surface area contributed by atoms with Crippen molar-refractivity contribution in [1.82, 2.24) is 4.98 Å². The van der Waals surface area contributed by atoms with Crippen LogP contribution in [0.1, 0.15) is 29.9 Å². The lowest BCUT2D eigenvalue weighted by Crippen LogP contribution is -2.05. The van der Waals surface area contributed by atoms with Crippen LogP contribution in [0.15, 0.2) is 48.5 Å². The van der Waals surface area contributed by atoms with Gasteiger partial charge in [0.2, 0.25) is 0 Å². The Kier molecular flexibility index (Phi) is 4.93. The van der Waals surface area contributed by atoms with E-state index in [-0.39, 0.29) is 6.10 Å². The lowest BCUT2D eigenvalue weighted by atomic mass is 10.2. The predicted molar refractivity (Wildman–Crippen MR) is 96.2 cm³/mol. The molecule has 2 aromatic carbocycles. The van der Waals surface area contributed by atoms with Gasteiger partial charge in [-0.25, -0.2) is 4.79 Å². The van der Waals surface area contributed by atoms with E-state index in [9.17, 15) is 4.79 Å². The minimum absolute atomic E-state index is 0.0365. The second-order valence-electron chi connectivity index (χ2n) is 6.00. The SMILES string of the molecule is COC(=O)c1cc2c(OCc3ccccc3)cc(OC(C)C)cc2[nH]1. The van der Waals surface area contributed by atoms with Crippen LogP contribution in [0, 0.1) is 0 Å². The van der Waals surface area contributed by atoms with Crippen molar-refractivity contribution in [3.05, 3.63) is 59.8 Å². The number of esters is 1. The van der Waals surface area contributed by atoms with Gasteiger partial charge >= 0.3 is 5.97 Å². The van der Waals surface area contributed by atoms with E-state index in [0.29, 0.717) is 23.8 Å². The van der Waals surface area contributed by atoms with Crippen molar-refractivity contribution >= 4 is 16.9 Å². The second-order valence-corrected chi connectivity index (χ2v) is 6.00. The van der Waals surface area contributed by atoms with Gasteiger partial charge < -0.3 is 19.2 Å². The van der Waals surface area contributed by atoms with E-state index in [1.54, 1.807) is 6.07 Å². The number of ether oxygens (including phenoxy) is 3. The van der Waals surface area contributed by atoms with Gasteiger partial charge in [-0.05, 0) is 25.5 Å². The molecule has 0 saturated carbocycles. The van der Waals surface area contributed by atoms with Gasteiger partial charge in [0.05, 0.1) is 18.7 Å². The molecule has 1 aromatic heterocycles. The predicted octanol–water partition coefficient (Wildman–Crippen LogP) is 4.32. The smallest absolute Gasteiger partial charge is 0.354 e. The van der Waals surface area contributed by atoms with Gasteiger partial charge in [0.1, 0.15) is 23.8 Å². The van der Waals surface area contributed by atoms with Crippen LogP contribution >= 0.6 is 0 Å². The van der Waals surface area contributed by atoms with E-state index >= 15 is 0 Å². The van der Waals surface area contributed by atoms with E-state index < -0.39 is 5.97 Å². The minimum Gasteiger partial charge on any atom is -0.491 e. The van der Waals surface area contributed by atoms with Crippen molar-refractivity contribution in [1.29, 1.82) is 0 Å². The molecule has 0 bridgehead atoms. The van der Waals surface area contributed by atoms with Gasteiger partial charge in [0.15, 0.2) is 0 Å². The van der Waals surface area contributed by atoms with Gasteiger partial charge in [-0.2, -0.15) is 0 Å². The molecule has 0 fully saturated rings. The molecule has 1 heterocycles. The number of H-pyrrole nitrogens is 1. The molecule has 0 amide bonds. The number of nitrogens with one attached hydrogen (secondary N) is 1. The Bertz CT molecular complexity index is 868. The lowest BCUT2D eigenvalue weighted by molar-refractivity contribution is 0.0595. The summed E-state index contributed by atoms with van der Waals surface area (Å²) in [4.78, 5) is 14.9. The van der Waals surface area contributed by atoms with E-state index in [1.165, 1.54) is 7.11 Å². The Balaban J connectivity index is 1.97. The molecule has 0 atom stereocenters. The number of rotatable bonds is 6. The Hall–Kier alpha value is -2.95. The van der Waals surface area contributed by atoms with Crippen LogP contribution in [0.25, 0.3) is 10.9 Å². The maximum absolute atomic E-state index is 11.8. The number of carbonyl (C=O) groups excluding carboxylic acids is 1. The van der Waals surface area contributed by atoms with Crippen molar-refractivity contribution in [2.75, 3.05) is 7.11 Å². The normalized spacial score (nSPS) is 10.9. The standard InChI is InChI=1S/C20H21NO4/c1-13(2)25-15-9-17-16(11-18(21-17)20(22)23-3)19(10-15)24-12-14-7-5-4-6-8-14/h4-11,13,21H,12H2,1-3H3. The van der Waals surface area contributed by atoms with Crippen molar-refractivity contribution in [2.45, 2.75) is 26.6 Å². The van der Waals surface area contributed by atoms with Crippen LogP contribution in [-0.4, -0.2) is 24.2 Å². The molecule has 3 rings (SSSR count). The van der Waals surface area contributed by atoms with Crippen molar-refractivity contribution in [3.63, 3.8) is 0 Å². The van der Waals surface area contributed by atoms with Crippen molar-refractivity contribution < 1.29 is 19.0 Å². The number of benzene rings is 2. The highest BCUT2D eigenvalue weighted by atomic mass is 16.5. The summed E-state index contributed by atoms with van der Waals surface area (Å²) >= 11 is 0. The highest BCUT2D eigenvalue weighted by molar-refractivity contribution is 5.97. The Labute approximate surface area is 146 Å². The molecule has 0 saturated heterocycles. The fourth-order valence-electron chi connectivity index (χ4n) is 2.59. The quantitative estimate of drug-likeness (QED) is 0.679. The summed E-state index contributed by atoms with van der Waals surface area (Å²) in [6.07, 6.45) is 0.0365. The molecule has 0 aliphatic carbocycles. The maximum Gasteiger partial charge on any atom is 0.354 e. The van der Waals surface area contributed by atoms with Gasteiger partial charge in [0.25, 0.3) is 0 Å². The first-order chi connectivity index (χ1) is 12.1. The zero-order chi connectivity index (χ0) is 17.8. The number of aromatic nitrogens is 1. The van der Waals surface area contributed by atoms with Crippen LogP contribution in [0.3, 0.4) is 0 Å². The fourth-order valence-corrected chi connectivity index (χ4v) is 2.59. The summed E-state index contributed by atoms with van der Waals surface area (Å²) in [6, 6.07) is 15.4. The third-order valence-corrected chi connectivity index (χ3v) is 3.69. The number of methoxy groups -OCH3 is 1. The molecule has 25 heavy (non-hydrogen) atoms. The van der Waals surface area contributed by atoms with Gasteiger partial charge in [-0.15, -0.1) is 0 Å². The topological polar surface area (TPSA) is 60.6 Å². The molecule has 5 nitrogen and oxygen atoms in total. The maximum atomic E-state index is 11.8. The minimum atomic E-state index is -0.420. The summed E-state index contributed by atoms with van der Waals surface area (Å²) in [6.45, 7) is 4.35. The van der Waals surface area contributed by atoms with Gasteiger partial charge in [-0.1, -0.05) is 30.3 Å². The van der Waals surface area contributed by atoms with E-state index in [1.807, 2.05) is 56.3 Å². The van der Waals surface area contributed by atoms with E-state index in [2.05, 4.69) is 4.98 Å². The number of hydrogen-bond acceptors (Lipinski definition) is 4. The number of hydrogen-bond donors (Lipinski definition) is 1. The molecule has 1 N–H and O–H groups in total. The zero-order valence-electron chi connectivity index (χ0n) is 14.5. The fraction of sp³-hybridized carbons (Fsp3) is 0.250. The second kappa shape index (κ2) is 7.30. The van der Waals surface area contributed by atoms with Crippen LogP contribution in [0.2, 0.25) is 0 Å². The molecular weight excluding hydrogens is 318 g/mol. The Morgan fingerprint density at radius 3 is 2.56 bits per heavy atom. The summed E-state index contributed by atoms with van der Waals surface area (Å²) in [5.41, 5.74) is 2.21. The Morgan fingerprint density at radius 1 is 1.12 bits per heavy atom. The summed E-state index contributed by atoms with van der Waals surface area (Å²) in [5, 5.41) is 0.812. The molecule has 5 heteroatoms. The summed E-state index contributed by atoms with van der Waals surface area (Å²) in [5.74, 6) is 0.920. The van der Waals surface area contributed by atoms with Gasteiger partial charge in [0, 0.05) is 17.5 Å². The molecule has 3 aromatic rings. The highest BCUT2D eigenvalue weighted by Crippen LogP contribution is 2.33. The molecule has 0 aliphatic heterocycles. The third kappa shape index (κ3) is 3.94. The van der Waals surface area contributed by atoms with Crippen LogP contribution in [-0.2, 0) is 11.3 Å². The molecule has 0 unspecified atom stereocenters. The monoisotopic (exact) mass is 339 g/mol. The first-order valence-corrected chi connectivity index (χ1v) is 8.15.